The normalized spacial score (nSPS) is 11.4. The largest absolute Gasteiger partial charge is 0.452 e. The van der Waals surface area contributed by atoms with Crippen LogP contribution in [-0.2, 0) is 0 Å². The zero-order valence-corrected chi connectivity index (χ0v) is 19.4. The van der Waals surface area contributed by atoms with Gasteiger partial charge in [-0.05, 0) is 72.8 Å². The van der Waals surface area contributed by atoms with E-state index in [4.69, 9.17) is 32.6 Å². The molecule has 0 radical (unpaired) electrons. The van der Waals surface area contributed by atoms with Crippen LogP contribution in [0.25, 0.3) is 39.1 Å². The zero-order chi connectivity index (χ0) is 24.1. The average Bonchev–Trinajstić information content (AvgIpc) is 3.45. The van der Waals surface area contributed by atoms with Gasteiger partial charge in [0.15, 0.2) is 11.4 Å². The highest BCUT2D eigenvalue weighted by Gasteiger charge is 2.24. The van der Waals surface area contributed by atoms with Crippen molar-refractivity contribution in [2.75, 3.05) is 0 Å². The first kappa shape index (κ1) is 21.5. The molecule has 0 saturated carbocycles. The van der Waals surface area contributed by atoms with E-state index >= 15 is 0 Å². The molecule has 0 saturated heterocycles. The van der Waals surface area contributed by atoms with Gasteiger partial charge >= 0.3 is 0 Å². The molecule has 3 aromatic heterocycles. The first-order valence-electron chi connectivity index (χ1n) is 10.6. The van der Waals surface area contributed by atoms with Crippen LogP contribution in [-0.4, -0.2) is 20.4 Å². The molecule has 5 nitrogen and oxygen atoms in total. The van der Waals surface area contributed by atoms with Crippen molar-refractivity contribution in [1.29, 1.82) is 0 Å². The Kier molecular flexibility index (Phi) is 5.13. The van der Waals surface area contributed by atoms with Crippen molar-refractivity contribution in [2.45, 2.75) is 0 Å². The molecule has 0 aliphatic carbocycles. The van der Waals surface area contributed by atoms with Gasteiger partial charge in [-0.15, -0.1) is 0 Å². The summed E-state index contributed by atoms with van der Waals surface area (Å²) < 4.78 is 21.0. The summed E-state index contributed by atoms with van der Waals surface area (Å²) in [5.41, 5.74) is 3.98. The molecule has 35 heavy (non-hydrogen) atoms. The molecule has 8 heteroatoms. The van der Waals surface area contributed by atoms with Crippen LogP contribution in [0.5, 0.6) is 0 Å². The van der Waals surface area contributed by atoms with Gasteiger partial charge in [0.05, 0.1) is 17.0 Å². The number of furan rings is 1. The number of ketones is 1. The monoisotopic (exact) mass is 501 g/mol. The highest BCUT2D eigenvalue weighted by atomic mass is 35.5. The highest BCUT2D eigenvalue weighted by Crippen LogP contribution is 2.37. The molecule has 0 amide bonds. The summed E-state index contributed by atoms with van der Waals surface area (Å²) in [6, 6.07) is 21.4. The van der Waals surface area contributed by atoms with E-state index in [-0.39, 0.29) is 17.4 Å². The minimum absolute atomic E-state index is 0.153. The molecule has 0 aliphatic rings. The Bertz CT molecular complexity index is 1740. The lowest BCUT2D eigenvalue weighted by Crippen LogP contribution is -2.02. The molecule has 0 N–H and O–H groups in total. The lowest BCUT2D eigenvalue weighted by atomic mass is 10.0. The Labute approximate surface area is 208 Å². The highest BCUT2D eigenvalue weighted by molar-refractivity contribution is 6.32. The van der Waals surface area contributed by atoms with E-state index in [0.29, 0.717) is 49.2 Å². The summed E-state index contributed by atoms with van der Waals surface area (Å²) >= 11 is 12.3. The fourth-order valence-electron chi connectivity index (χ4n) is 4.00. The SMILES string of the molecule is O=C(c1ccc(Cl)cc1)c1oc2ccc(Cl)cc2c1-c1ccn2nc(-c3ccc(F)cc3)cc2n1. The van der Waals surface area contributed by atoms with E-state index < -0.39 is 0 Å². The third-order valence-electron chi connectivity index (χ3n) is 5.68. The van der Waals surface area contributed by atoms with Crippen LogP contribution in [0.3, 0.4) is 0 Å². The first-order valence-corrected chi connectivity index (χ1v) is 11.4. The van der Waals surface area contributed by atoms with E-state index in [1.54, 1.807) is 77.4 Å². The maximum absolute atomic E-state index is 13.4. The number of halogens is 3. The third-order valence-corrected chi connectivity index (χ3v) is 6.17. The number of rotatable bonds is 4. The molecule has 3 aromatic carbocycles. The first-order chi connectivity index (χ1) is 17.0. The van der Waals surface area contributed by atoms with Gasteiger partial charge in [0, 0.05) is 38.8 Å². The maximum atomic E-state index is 13.4. The van der Waals surface area contributed by atoms with Crippen LogP contribution in [0, 0.1) is 5.82 Å². The smallest absolute Gasteiger partial charge is 0.228 e. The predicted molar refractivity (Wildman–Crippen MR) is 133 cm³/mol. The molecular weight excluding hydrogens is 488 g/mol. The predicted octanol–water partition coefficient (Wildman–Crippen LogP) is 7.49. The third kappa shape index (κ3) is 3.87. The number of nitrogens with zero attached hydrogens (tertiary/aromatic N) is 3. The molecule has 0 spiro atoms. The van der Waals surface area contributed by atoms with Gasteiger partial charge in [0.1, 0.15) is 11.4 Å². The number of benzene rings is 3. The molecule has 6 aromatic rings. The Balaban J connectivity index is 1.52. The second-order valence-corrected chi connectivity index (χ2v) is 8.81. The summed E-state index contributed by atoms with van der Waals surface area (Å²) in [6.45, 7) is 0. The van der Waals surface area contributed by atoms with E-state index in [0.717, 1.165) is 5.56 Å². The number of hydrogen-bond donors (Lipinski definition) is 0. The molecule has 6 rings (SSSR count). The van der Waals surface area contributed by atoms with Gasteiger partial charge in [-0.1, -0.05) is 23.2 Å². The minimum Gasteiger partial charge on any atom is -0.452 e. The lowest BCUT2D eigenvalue weighted by molar-refractivity contribution is 0.101. The number of aromatic nitrogens is 3. The summed E-state index contributed by atoms with van der Waals surface area (Å²) in [5.74, 6) is -0.466. The summed E-state index contributed by atoms with van der Waals surface area (Å²) in [5, 5.41) is 6.24. The van der Waals surface area contributed by atoms with E-state index in [2.05, 4.69) is 5.10 Å². The van der Waals surface area contributed by atoms with Gasteiger partial charge < -0.3 is 4.42 Å². The standard InChI is InChI=1S/C27H14Cl2FN3O2/c28-17-5-1-16(2-6-17)26(34)27-25(20-13-18(29)7-10-23(20)35-27)21-11-12-33-24(31-21)14-22(32-33)15-3-8-19(30)9-4-15/h1-14H. The maximum Gasteiger partial charge on any atom is 0.228 e. The van der Waals surface area contributed by atoms with Crippen molar-refractivity contribution in [1.82, 2.24) is 14.6 Å². The fourth-order valence-corrected chi connectivity index (χ4v) is 4.30. The van der Waals surface area contributed by atoms with E-state index in [1.807, 2.05) is 0 Å². The van der Waals surface area contributed by atoms with Crippen LogP contribution in [0.15, 0.2) is 89.5 Å². The molecule has 0 bridgehead atoms. The lowest BCUT2D eigenvalue weighted by Gasteiger charge is -2.04. The summed E-state index contributed by atoms with van der Waals surface area (Å²) in [4.78, 5) is 18.2. The molecule has 170 valence electrons. The van der Waals surface area contributed by atoms with Gasteiger partial charge in [-0.2, -0.15) is 5.10 Å². The topological polar surface area (TPSA) is 60.4 Å². The molecule has 0 atom stereocenters. The zero-order valence-electron chi connectivity index (χ0n) is 17.9. The van der Waals surface area contributed by atoms with Gasteiger partial charge in [0.2, 0.25) is 5.78 Å². The molecule has 0 fully saturated rings. The van der Waals surface area contributed by atoms with Crippen molar-refractivity contribution < 1.29 is 13.6 Å². The number of carbonyl (C=O) groups excluding carboxylic acids is 1. The minimum atomic E-state index is -0.318. The molecular formula is C27H14Cl2FN3O2. The van der Waals surface area contributed by atoms with E-state index in [1.165, 1.54) is 12.1 Å². The number of fused-ring (bicyclic) bond motifs is 2. The second-order valence-electron chi connectivity index (χ2n) is 7.93. The van der Waals surface area contributed by atoms with Crippen LogP contribution < -0.4 is 0 Å². The van der Waals surface area contributed by atoms with Gasteiger partial charge in [-0.25, -0.2) is 13.9 Å². The number of carbonyl (C=O) groups is 1. The average molecular weight is 502 g/mol. The summed E-state index contributed by atoms with van der Waals surface area (Å²) in [6.07, 6.45) is 1.75. The second kappa shape index (κ2) is 8.34. The summed E-state index contributed by atoms with van der Waals surface area (Å²) in [7, 11) is 0. The van der Waals surface area contributed by atoms with Crippen LogP contribution in [0.2, 0.25) is 10.0 Å². The van der Waals surface area contributed by atoms with Crippen molar-refractivity contribution in [2.24, 2.45) is 0 Å². The van der Waals surface area contributed by atoms with Crippen molar-refractivity contribution in [3.63, 3.8) is 0 Å². The Hall–Kier alpha value is -4.00. The van der Waals surface area contributed by atoms with E-state index in [9.17, 15) is 9.18 Å². The molecule has 0 unspecified atom stereocenters. The van der Waals surface area contributed by atoms with Crippen LogP contribution in [0.1, 0.15) is 16.1 Å². The fraction of sp³-hybridized carbons (Fsp3) is 0. The van der Waals surface area contributed by atoms with Crippen LogP contribution in [0.4, 0.5) is 4.39 Å². The quantitative estimate of drug-likeness (QED) is 0.235. The Morgan fingerprint density at radius 3 is 2.37 bits per heavy atom. The molecule has 3 heterocycles. The van der Waals surface area contributed by atoms with Crippen molar-refractivity contribution in [3.05, 3.63) is 112 Å². The Morgan fingerprint density at radius 2 is 1.60 bits per heavy atom. The number of hydrogen-bond acceptors (Lipinski definition) is 4. The van der Waals surface area contributed by atoms with Crippen LogP contribution >= 0.6 is 23.2 Å². The Morgan fingerprint density at radius 1 is 0.857 bits per heavy atom. The van der Waals surface area contributed by atoms with Crippen molar-refractivity contribution in [3.8, 4) is 22.5 Å². The van der Waals surface area contributed by atoms with Gasteiger partial charge in [0.25, 0.3) is 0 Å². The molecule has 0 aliphatic heterocycles. The van der Waals surface area contributed by atoms with Gasteiger partial charge in [-0.3, -0.25) is 4.79 Å². The van der Waals surface area contributed by atoms with Crippen molar-refractivity contribution >= 4 is 45.6 Å².